The highest BCUT2D eigenvalue weighted by Crippen LogP contribution is 2.08. The summed E-state index contributed by atoms with van der Waals surface area (Å²) >= 11 is 0. The van der Waals surface area contributed by atoms with Crippen molar-refractivity contribution in [2.45, 2.75) is 26.0 Å². The molecule has 0 bridgehead atoms. The minimum Gasteiger partial charge on any atom is -0.0790 e. The van der Waals surface area contributed by atoms with E-state index in [1.807, 2.05) is 0 Å². The summed E-state index contributed by atoms with van der Waals surface area (Å²) in [5.74, 6) is 0.986. The Labute approximate surface area is 48.5 Å². The first-order valence-electron chi connectivity index (χ1n) is 3.35. The molecule has 7 heavy (non-hydrogen) atoms. The largest absolute Gasteiger partial charge is 0.101 e. The monoisotopic (exact) mass is 96.1 g/mol. The van der Waals surface area contributed by atoms with Crippen molar-refractivity contribution in [3.05, 3.63) is 0 Å². The zero-order chi connectivity index (χ0) is 5.70. The molecule has 0 heterocycles. The molecule has 40 valence electrons. The standard InChI is InChI=1S/C5H14B2/c1-2-5(3-6)4-7/h5H,2-4,6-7H2,1H3. The molecule has 0 N–H and O–H groups in total. The second-order valence-electron chi connectivity index (χ2n) is 2.09. The van der Waals surface area contributed by atoms with E-state index in [0.717, 1.165) is 5.92 Å². The lowest BCUT2D eigenvalue weighted by atomic mass is 9.80. The maximum atomic E-state index is 2.26. The molecule has 0 unspecified atom stereocenters. The fourth-order valence-electron chi connectivity index (χ4n) is 0.866. The van der Waals surface area contributed by atoms with Gasteiger partial charge in [-0.3, -0.25) is 0 Å². The predicted octanol–water partition coefficient (Wildman–Crippen LogP) is 0.115. The zero-order valence-electron chi connectivity index (χ0n) is 5.70. The van der Waals surface area contributed by atoms with E-state index >= 15 is 0 Å². The van der Waals surface area contributed by atoms with Crippen molar-refractivity contribution in [1.82, 2.24) is 0 Å². The van der Waals surface area contributed by atoms with Gasteiger partial charge in [-0.15, -0.1) is 0 Å². The third kappa shape index (κ3) is 2.78. The van der Waals surface area contributed by atoms with E-state index < -0.39 is 0 Å². The Morgan fingerprint density at radius 3 is 1.71 bits per heavy atom. The SMILES string of the molecule is BCC(CB)CC. The van der Waals surface area contributed by atoms with Crippen LogP contribution in [0.3, 0.4) is 0 Å². The molecular weight excluding hydrogens is 81.7 g/mol. The van der Waals surface area contributed by atoms with Crippen molar-refractivity contribution in [2.24, 2.45) is 5.92 Å². The summed E-state index contributed by atoms with van der Waals surface area (Å²) in [6.07, 6.45) is 4.06. The Kier molecular flexibility index (Phi) is 4.37. The highest BCUT2D eigenvalue weighted by atomic mass is 14.0. The third-order valence-corrected chi connectivity index (χ3v) is 1.73. The number of rotatable bonds is 3. The Hall–Kier alpha value is 0.130. The summed E-state index contributed by atoms with van der Waals surface area (Å²) in [4.78, 5) is 0. The highest BCUT2D eigenvalue weighted by molar-refractivity contribution is 6.11. The van der Waals surface area contributed by atoms with Gasteiger partial charge in [-0.25, -0.2) is 0 Å². The lowest BCUT2D eigenvalue weighted by Crippen LogP contribution is -1.94. The van der Waals surface area contributed by atoms with Crippen LogP contribution in [0.5, 0.6) is 0 Å². The number of hydrogen-bond donors (Lipinski definition) is 0. The minimum atomic E-state index is 0.986. The molecule has 0 aliphatic heterocycles. The fourth-order valence-corrected chi connectivity index (χ4v) is 0.866. The second kappa shape index (κ2) is 4.29. The van der Waals surface area contributed by atoms with Crippen molar-refractivity contribution < 1.29 is 0 Å². The van der Waals surface area contributed by atoms with Crippen molar-refractivity contribution in [3.8, 4) is 0 Å². The van der Waals surface area contributed by atoms with Gasteiger partial charge in [0.15, 0.2) is 0 Å². The topological polar surface area (TPSA) is 0 Å². The molecule has 0 atom stereocenters. The van der Waals surface area contributed by atoms with Gasteiger partial charge < -0.3 is 0 Å². The molecule has 0 saturated heterocycles. The highest BCUT2D eigenvalue weighted by Gasteiger charge is 1.95. The van der Waals surface area contributed by atoms with Gasteiger partial charge >= 0.3 is 0 Å². The first-order valence-corrected chi connectivity index (χ1v) is 3.35. The smallest absolute Gasteiger partial charge is 0.0790 e. The van der Waals surface area contributed by atoms with Crippen LogP contribution in [-0.2, 0) is 0 Å². The molecular formula is C5H14B2. The van der Waals surface area contributed by atoms with Crippen LogP contribution < -0.4 is 0 Å². The van der Waals surface area contributed by atoms with Crippen molar-refractivity contribution in [3.63, 3.8) is 0 Å². The molecule has 0 aliphatic rings. The van der Waals surface area contributed by atoms with Gasteiger partial charge in [-0.05, 0) is 0 Å². The molecule has 0 amide bonds. The molecule has 0 rings (SSSR count). The molecule has 0 aromatic heterocycles. The molecule has 0 spiro atoms. The van der Waals surface area contributed by atoms with Crippen LogP contribution in [0.2, 0.25) is 12.6 Å². The maximum Gasteiger partial charge on any atom is 0.101 e. The van der Waals surface area contributed by atoms with Crippen LogP contribution in [0, 0.1) is 5.92 Å². The van der Waals surface area contributed by atoms with E-state index in [-0.39, 0.29) is 0 Å². The minimum absolute atomic E-state index is 0.986. The van der Waals surface area contributed by atoms with E-state index in [1.54, 1.807) is 0 Å². The quantitative estimate of drug-likeness (QED) is 0.437. The lowest BCUT2D eigenvalue weighted by molar-refractivity contribution is 0.625. The Balaban J connectivity index is 2.99. The van der Waals surface area contributed by atoms with E-state index in [2.05, 4.69) is 22.6 Å². The van der Waals surface area contributed by atoms with Crippen molar-refractivity contribution >= 4 is 15.7 Å². The molecule has 2 heteroatoms. The van der Waals surface area contributed by atoms with Gasteiger partial charge in [0.2, 0.25) is 0 Å². The Morgan fingerprint density at radius 2 is 1.71 bits per heavy atom. The van der Waals surface area contributed by atoms with Gasteiger partial charge in [0.1, 0.15) is 15.7 Å². The Bertz CT molecular complexity index is 27.6. The van der Waals surface area contributed by atoms with Crippen LogP contribution in [0.25, 0.3) is 0 Å². The van der Waals surface area contributed by atoms with Gasteiger partial charge in [0.25, 0.3) is 0 Å². The zero-order valence-corrected chi connectivity index (χ0v) is 5.70. The molecule has 0 fully saturated rings. The average Bonchev–Trinajstić information content (AvgIpc) is 1.72. The van der Waals surface area contributed by atoms with E-state index in [1.165, 1.54) is 19.1 Å². The third-order valence-electron chi connectivity index (χ3n) is 1.73. The molecule has 0 saturated carbocycles. The van der Waals surface area contributed by atoms with Gasteiger partial charge in [0, 0.05) is 0 Å². The van der Waals surface area contributed by atoms with Crippen LogP contribution in [0.4, 0.5) is 0 Å². The molecule has 0 aliphatic carbocycles. The molecule has 0 radical (unpaired) electrons. The second-order valence-corrected chi connectivity index (χ2v) is 2.09. The normalized spacial score (nSPS) is 10.0. The first-order chi connectivity index (χ1) is 3.35. The summed E-state index contributed by atoms with van der Waals surface area (Å²) in [6, 6.07) is 0. The number of hydrogen-bond acceptors (Lipinski definition) is 0. The van der Waals surface area contributed by atoms with Crippen LogP contribution in [-0.4, -0.2) is 15.7 Å². The predicted molar refractivity (Wildman–Crippen MR) is 40.5 cm³/mol. The fraction of sp³-hybridized carbons (Fsp3) is 1.00. The first kappa shape index (κ1) is 7.13. The van der Waals surface area contributed by atoms with Crippen molar-refractivity contribution in [2.75, 3.05) is 0 Å². The molecule has 0 nitrogen and oxygen atoms in total. The van der Waals surface area contributed by atoms with E-state index in [0.29, 0.717) is 0 Å². The van der Waals surface area contributed by atoms with E-state index in [9.17, 15) is 0 Å². The molecule has 0 aromatic rings. The maximum absolute atomic E-state index is 2.26. The van der Waals surface area contributed by atoms with Crippen molar-refractivity contribution in [1.29, 1.82) is 0 Å². The summed E-state index contributed by atoms with van der Waals surface area (Å²) in [5.41, 5.74) is 0. The van der Waals surface area contributed by atoms with Crippen LogP contribution in [0.15, 0.2) is 0 Å². The summed E-state index contributed by atoms with van der Waals surface area (Å²) in [5, 5.41) is 0. The summed E-state index contributed by atoms with van der Waals surface area (Å²) < 4.78 is 0. The van der Waals surface area contributed by atoms with Gasteiger partial charge in [-0.1, -0.05) is 31.9 Å². The molecule has 0 aromatic carbocycles. The van der Waals surface area contributed by atoms with Crippen LogP contribution >= 0.6 is 0 Å². The van der Waals surface area contributed by atoms with Gasteiger partial charge in [-0.2, -0.15) is 0 Å². The Morgan fingerprint density at radius 1 is 1.29 bits per heavy atom. The summed E-state index contributed by atoms with van der Waals surface area (Å²) in [7, 11) is 4.52. The van der Waals surface area contributed by atoms with E-state index in [4.69, 9.17) is 0 Å². The average molecular weight is 95.8 g/mol. The lowest BCUT2D eigenvalue weighted by Gasteiger charge is -2.05. The van der Waals surface area contributed by atoms with Crippen LogP contribution in [0.1, 0.15) is 13.3 Å². The van der Waals surface area contributed by atoms with Gasteiger partial charge in [0.05, 0.1) is 0 Å². The summed E-state index contributed by atoms with van der Waals surface area (Å²) in [6.45, 7) is 2.26.